The molecule has 2 aromatic carbocycles. The summed E-state index contributed by atoms with van der Waals surface area (Å²) in [6.07, 6.45) is 7.94. The Morgan fingerprint density at radius 1 is 0.711 bits per heavy atom. The molecule has 0 aliphatic heterocycles. The summed E-state index contributed by atoms with van der Waals surface area (Å²) in [5.41, 5.74) is -1.45. The monoisotopic (exact) mass is 540 g/mol. The lowest BCUT2D eigenvalue weighted by molar-refractivity contribution is -0.0790. The summed E-state index contributed by atoms with van der Waals surface area (Å²) in [7, 11) is 0. The molecule has 2 aromatic rings. The van der Waals surface area contributed by atoms with E-state index < -0.39 is 46.1 Å². The van der Waals surface area contributed by atoms with Crippen LogP contribution < -0.4 is 0 Å². The average molecular weight is 541 g/mol. The van der Waals surface area contributed by atoms with Crippen LogP contribution in [0.3, 0.4) is 0 Å². The van der Waals surface area contributed by atoms with Gasteiger partial charge in [-0.2, -0.15) is 13.2 Å². The third-order valence-corrected chi connectivity index (χ3v) is 8.78. The van der Waals surface area contributed by atoms with Gasteiger partial charge in [-0.25, -0.2) is 17.6 Å². The van der Waals surface area contributed by atoms with Gasteiger partial charge in [-0.3, -0.25) is 0 Å². The van der Waals surface area contributed by atoms with Crippen LogP contribution in [0.15, 0.2) is 30.3 Å². The van der Waals surface area contributed by atoms with Crippen molar-refractivity contribution in [2.75, 3.05) is 0 Å². The second kappa shape index (κ2) is 12.3. The number of alkyl halides is 3. The van der Waals surface area contributed by atoms with E-state index in [2.05, 4.69) is 6.92 Å². The molecule has 2 aliphatic rings. The maximum absolute atomic E-state index is 14.9. The van der Waals surface area contributed by atoms with Gasteiger partial charge in [0.05, 0.1) is 5.56 Å². The zero-order valence-electron chi connectivity index (χ0n) is 21.7. The lowest BCUT2D eigenvalue weighted by atomic mass is 9.68. The van der Waals surface area contributed by atoms with Crippen LogP contribution in [0.2, 0.25) is 0 Å². The van der Waals surface area contributed by atoms with E-state index in [0.29, 0.717) is 30.0 Å². The SMILES string of the molecule is CCC1CCC(C2CCC(CCc3cc(F)c(-c4cc(F)c(/C=C/C(F)(F)F)c(F)c4)c(F)c3)CC2)CC1. The van der Waals surface area contributed by atoms with Crippen LogP contribution in [0.4, 0.5) is 30.7 Å². The van der Waals surface area contributed by atoms with Gasteiger partial charge in [-0.05, 0) is 104 Å². The fourth-order valence-corrected chi connectivity index (χ4v) is 6.50. The van der Waals surface area contributed by atoms with Crippen LogP contribution in [-0.2, 0) is 6.42 Å². The molecule has 0 radical (unpaired) electrons. The molecule has 0 N–H and O–H groups in total. The van der Waals surface area contributed by atoms with Crippen molar-refractivity contribution in [1.29, 1.82) is 0 Å². The molecule has 0 aromatic heterocycles. The van der Waals surface area contributed by atoms with Crippen molar-refractivity contribution in [2.45, 2.75) is 83.7 Å². The largest absolute Gasteiger partial charge is 0.409 e. The van der Waals surface area contributed by atoms with Gasteiger partial charge in [0.2, 0.25) is 0 Å². The summed E-state index contributed by atoms with van der Waals surface area (Å²) in [5, 5.41) is 0. The molecule has 4 rings (SSSR count). The van der Waals surface area contributed by atoms with Crippen molar-refractivity contribution in [1.82, 2.24) is 0 Å². The molecular formula is C31H35F7. The molecule has 2 aliphatic carbocycles. The van der Waals surface area contributed by atoms with E-state index in [1.54, 1.807) is 0 Å². The number of allylic oxidation sites excluding steroid dienone is 1. The van der Waals surface area contributed by atoms with Crippen LogP contribution in [0.1, 0.15) is 82.3 Å². The van der Waals surface area contributed by atoms with E-state index >= 15 is 0 Å². The van der Waals surface area contributed by atoms with Gasteiger partial charge in [0.1, 0.15) is 23.3 Å². The lowest BCUT2D eigenvalue weighted by Gasteiger charge is -2.37. The summed E-state index contributed by atoms with van der Waals surface area (Å²) < 4.78 is 95.5. The quantitative estimate of drug-likeness (QED) is 0.307. The van der Waals surface area contributed by atoms with Crippen molar-refractivity contribution in [3.63, 3.8) is 0 Å². The van der Waals surface area contributed by atoms with Gasteiger partial charge in [0.25, 0.3) is 0 Å². The van der Waals surface area contributed by atoms with Crippen LogP contribution >= 0.6 is 0 Å². The van der Waals surface area contributed by atoms with Gasteiger partial charge in [0.15, 0.2) is 0 Å². The van der Waals surface area contributed by atoms with E-state index in [1.807, 2.05) is 0 Å². The molecule has 0 bridgehead atoms. The Hall–Kier alpha value is -2.31. The summed E-state index contributed by atoms with van der Waals surface area (Å²) in [6.45, 7) is 2.28. The second-order valence-electron chi connectivity index (χ2n) is 11.2. The van der Waals surface area contributed by atoms with Gasteiger partial charge >= 0.3 is 6.18 Å². The zero-order valence-corrected chi connectivity index (χ0v) is 21.7. The summed E-state index contributed by atoms with van der Waals surface area (Å²) in [4.78, 5) is 0. The molecule has 2 fully saturated rings. The minimum Gasteiger partial charge on any atom is -0.206 e. The fourth-order valence-electron chi connectivity index (χ4n) is 6.50. The first kappa shape index (κ1) is 28.7. The number of halogens is 7. The Balaban J connectivity index is 1.36. The van der Waals surface area contributed by atoms with Crippen LogP contribution in [0.25, 0.3) is 17.2 Å². The van der Waals surface area contributed by atoms with Crippen LogP contribution in [0, 0.1) is 46.9 Å². The van der Waals surface area contributed by atoms with E-state index in [4.69, 9.17) is 0 Å². The molecule has 7 heteroatoms. The Labute approximate surface area is 220 Å². The van der Waals surface area contributed by atoms with E-state index in [9.17, 15) is 30.7 Å². The summed E-state index contributed by atoms with van der Waals surface area (Å²) in [5.74, 6) is -1.52. The first-order chi connectivity index (χ1) is 18.0. The highest BCUT2D eigenvalue weighted by Crippen LogP contribution is 2.43. The minimum atomic E-state index is -4.75. The summed E-state index contributed by atoms with van der Waals surface area (Å²) >= 11 is 0. The number of aryl methyl sites for hydroxylation is 1. The topological polar surface area (TPSA) is 0 Å². The van der Waals surface area contributed by atoms with E-state index in [1.165, 1.54) is 57.1 Å². The maximum Gasteiger partial charge on any atom is 0.409 e. The zero-order chi connectivity index (χ0) is 27.4. The highest BCUT2D eigenvalue weighted by molar-refractivity contribution is 5.68. The fraction of sp³-hybridized carbons (Fsp3) is 0.548. The normalized spacial score (nSPS) is 24.7. The Kier molecular flexibility index (Phi) is 9.25. The number of benzene rings is 2. The maximum atomic E-state index is 14.9. The smallest absolute Gasteiger partial charge is 0.206 e. The lowest BCUT2D eigenvalue weighted by Crippen LogP contribution is -2.25. The third-order valence-electron chi connectivity index (χ3n) is 8.78. The molecule has 208 valence electrons. The van der Waals surface area contributed by atoms with Crippen molar-refractivity contribution >= 4 is 6.08 Å². The van der Waals surface area contributed by atoms with Gasteiger partial charge in [0, 0.05) is 11.6 Å². The Morgan fingerprint density at radius 2 is 1.21 bits per heavy atom. The molecule has 0 heterocycles. The molecular weight excluding hydrogens is 505 g/mol. The molecule has 0 nitrogen and oxygen atoms in total. The third kappa shape index (κ3) is 7.20. The van der Waals surface area contributed by atoms with Crippen molar-refractivity contribution in [3.05, 3.63) is 64.7 Å². The van der Waals surface area contributed by atoms with Gasteiger partial charge < -0.3 is 0 Å². The highest BCUT2D eigenvalue weighted by Gasteiger charge is 2.30. The Bertz CT molecular complexity index is 1070. The Morgan fingerprint density at radius 3 is 1.68 bits per heavy atom. The first-order valence-corrected chi connectivity index (χ1v) is 13.8. The van der Waals surface area contributed by atoms with E-state index in [-0.39, 0.29) is 12.2 Å². The molecule has 0 atom stereocenters. The highest BCUT2D eigenvalue weighted by atomic mass is 19.4. The molecule has 38 heavy (non-hydrogen) atoms. The molecule has 0 saturated heterocycles. The number of rotatable bonds is 7. The molecule has 0 unspecified atom stereocenters. The number of hydrogen-bond donors (Lipinski definition) is 0. The van der Waals surface area contributed by atoms with Gasteiger partial charge in [-0.1, -0.05) is 39.0 Å². The predicted octanol–water partition coefficient (Wildman–Crippen LogP) is 10.4. The standard InChI is InChI=1S/C31H35F7/c1-2-19-5-9-22(10-6-19)23-11-7-20(8-12-23)3-4-21-15-28(34)30(29(35)16-21)24-17-26(32)25(27(33)18-24)13-14-31(36,37)38/h13-20,22-23H,2-12H2,1H3/b14-13+. The summed E-state index contributed by atoms with van der Waals surface area (Å²) in [6, 6.07) is 3.66. The molecule has 2 saturated carbocycles. The van der Waals surface area contributed by atoms with Crippen LogP contribution in [-0.4, -0.2) is 6.18 Å². The molecule has 0 spiro atoms. The predicted molar refractivity (Wildman–Crippen MR) is 136 cm³/mol. The minimum absolute atomic E-state index is 0.259. The molecule has 0 amide bonds. The van der Waals surface area contributed by atoms with Crippen molar-refractivity contribution in [3.8, 4) is 11.1 Å². The van der Waals surface area contributed by atoms with Crippen LogP contribution in [0.5, 0.6) is 0 Å². The van der Waals surface area contributed by atoms with Gasteiger partial charge in [-0.15, -0.1) is 0 Å². The average Bonchev–Trinajstić information content (AvgIpc) is 2.86. The van der Waals surface area contributed by atoms with Crippen molar-refractivity contribution in [2.24, 2.45) is 23.7 Å². The number of hydrogen-bond acceptors (Lipinski definition) is 0. The van der Waals surface area contributed by atoms with E-state index in [0.717, 1.165) is 37.0 Å². The van der Waals surface area contributed by atoms with Crippen molar-refractivity contribution < 1.29 is 30.7 Å². The second-order valence-corrected chi connectivity index (χ2v) is 11.2. The first-order valence-electron chi connectivity index (χ1n) is 13.8.